The molecule has 16 heavy (non-hydrogen) atoms. The van der Waals surface area contributed by atoms with Gasteiger partial charge in [0.25, 0.3) is 0 Å². The largest absolute Gasteiger partial charge is 0.313 e. The van der Waals surface area contributed by atoms with Crippen LogP contribution in [0.25, 0.3) is 0 Å². The van der Waals surface area contributed by atoms with Crippen LogP contribution in [0.1, 0.15) is 60.8 Å². The summed E-state index contributed by atoms with van der Waals surface area (Å²) in [7, 11) is 0. The Labute approximate surface area is 102 Å². The van der Waals surface area contributed by atoms with Crippen molar-refractivity contribution in [1.82, 2.24) is 5.32 Å². The first-order valence-electron chi connectivity index (χ1n) is 7.05. The second-order valence-corrected chi connectivity index (χ2v) is 7.12. The highest BCUT2D eigenvalue weighted by molar-refractivity contribution is 4.87. The fraction of sp³-hybridized carbons (Fsp3) is 1.00. The normalized spacial score (nSPS) is 31.7. The van der Waals surface area contributed by atoms with Crippen molar-refractivity contribution in [3.8, 4) is 0 Å². The zero-order valence-electron chi connectivity index (χ0n) is 12.1. The first-order chi connectivity index (χ1) is 7.32. The van der Waals surface area contributed by atoms with E-state index in [1.54, 1.807) is 0 Å². The molecular formula is C15H31N. The molecule has 3 atom stereocenters. The molecule has 0 radical (unpaired) electrons. The summed E-state index contributed by atoms with van der Waals surface area (Å²) in [4.78, 5) is 0. The van der Waals surface area contributed by atoms with Crippen molar-refractivity contribution in [2.24, 2.45) is 23.2 Å². The van der Waals surface area contributed by atoms with E-state index in [2.05, 4.69) is 46.9 Å². The van der Waals surface area contributed by atoms with Crippen LogP contribution in [-0.4, -0.2) is 12.6 Å². The van der Waals surface area contributed by atoms with E-state index in [0.717, 1.165) is 23.8 Å². The highest BCUT2D eigenvalue weighted by atomic mass is 14.9. The summed E-state index contributed by atoms with van der Waals surface area (Å²) < 4.78 is 0. The van der Waals surface area contributed by atoms with Crippen LogP contribution in [0.15, 0.2) is 0 Å². The summed E-state index contributed by atoms with van der Waals surface area (Å²) in [5.41, 5.74) is 0.571. The van der Waals surface area contributed by atoms with E-state index in [4.69, 9.17) is 0 Å². The van der Waals surface area contributed by atoms with Crippen molar-refractivity contribution < 1.29 is 0 Å². The Morgan fingerprint density at radius 2 is 1.88 bits per heavy atom. The van der Waals surface area contributed by atoms with E-state index in [1.807, 2.05) is 0 Å². The van der Waals surface area contributed by atoms with Crippen molar-refractivity contribution >= 4 is 0 Å². The van der Waals surface area contributed by atoms with Gasteiger partial charge in [0.05, 0.1) is 0 Å². The average Bonchev–Trinajstić information content (AvgIpc) is 2.14. The maximum atomic E-state index is 3.79. The molecule has 0 saturated heterocycles. The van der Waals surface area contributed by atoms with E-state index >= 15 is 0 Å². The van der Waals surface area contributed by atoms with Crippen LogP contribution >= 0.6 is 0 Å². The van der Waals surface area contributed by atoms with Gasteiger partial charge in [-0.2, -0.15) is 0 Å². The maximum Gasteiger partial charge on any atom is 0.00932 e. The van der Waals surface area contributed by atoms with Crippen molar-refractivity contribution in [2.75, 3.05) is 6.54 Å². The second kappa shape index (κ2) is 5.53. The molecule has 1 rings (SSSR count). The van der Waals surface area contributed by atoms with Gasteiger partial charge in [0, 0.05) is 6.04 Å². The molecule has 0 aromatic carbocycles. The lowest BCUT2D eigenvalue weighted by atomic mass is 9.70. The molecule has 0 amide bonds. The molecule has 0 aliphatic heterocycles. The molecule has 1 N–H and O–H groups in total. The van der Waals surface area contributed by atoms with Gasteiger partial charge in [-0.25, -0.2) is 0 Å². The van der Waals surface area contributed by atoms with Gasteiger partial charge in [-0.05, 0) is 49.0 Å². The average molecular weight is 225 g/mol. The quantitative estimate of drug-likeness (QED) is 0.760. The number of hydrogen-bond donors (Lipinski definition) is 1. The molecule has 0 aromatic rings. The standard InChI is InChI=1S/C15H31N/c1-11(2)13(4)10-16-14-7-8-15(5,6)9-12(14)3/h11-14,16H,7-10H2,1-6H3. The van der Waals surface area contributed by atoms with E-state index < -0.39 is 0 Å². The third-order valence-electron chi connectivity index (χ3n) is 4.53. The lowest BCUT2D eigenvalue weighted by molar-refractivity contribution is 0.144. The number of hydrogen-bond acceptors (Lipinski definition) is 1. The summed E-state index contributed by atoms with van der Waals surface area (Å²) in [6.45, 7) is 15.4. The predicted molar refractivity (Wildman–Crippen MR) is 72.6 cm³/mol. The molecular weight excluding hydrogens is 194 g/mol. The lowest BCUT2D eigenvalue weighted by Crippen LogP contribution is -2.43. The Morgan fingerprint density at radius 1 is 1.25 bits per heavy atom. The molecule has 1 heteroatoms. The number of rotatable bonds is 4. The molecule has 3 unspecified atom stereocenters. The highest BCUT2D eigenvalue weighted by Crippen LogP contribution is 2.38. The molecule has 0 bridgehead atoms. The Hall–Kier alpha value is -0.0400. The van der Waals surface area contributed by atoms with Crippen LogP contribution in [0.4, 0.5) is 0 Å². The minimum atomic E-state index is 0.571. The minimum Gasteiger partial charge on any atom is -0.313 e. The van der Waals surface area contributed by atoms with Crippen LogP contribution in [0, 0.1) is 23.2 Å². The highest BCUT2D eigenvalue weighted by Gasteiger charge is 2.32. The Bertz CT molecular complexity index is 207. The lowest BCUT2D eigenvalue weighted by Gasteiger charge is -2.40. The summed E-state index contributed by atoms with van der Waals surface area (Å²) in [6.07, 6.45) is 4.12. The van der Waals surface area contributed by atoms with Crippen LogP contribution in [0.3, 0.4) is 0 Å². The predicted octanol–water partition coefficient (Wildman–Crippen LogP) is 4.08. The molecule has 1 saturated carbocycles. The third kappa shape index (κ3) is 4.08. The van der Waals surface area contributed by atoms with Crippen molar-refractivity contribution in [3.63, 3.8) is 0 Å². The SMILES string of the molecule is CC(C)C(C)CNC1CCC(C)(C)CC1C. The molecule has 96 valence electrons. The van der Waals surface area contributed by atoms with E-state index in [9.17, 15) is 0 Å². The summed E-state index contributed by atoms with van der Waals surface area (Å²) in [5.74, 6) is 2.42. The van der Waals surface area contributed by atoms with Gasteiger partial charge in [0.1, 0.15) is 0 Å². The zero-order valence-corrected chi connectivity index (χ0v) is 12.1. The van der Waals surface area contributed by atoms with Crippen molar-refractivity contribution in [1.29, 1.82) is 0 Å². The topological polar surface area (TPSA) is 12.0 Å². The molecule has 0 spiro atoms. The Balaban J connectivity index is 2.34. The van der Waals surface area contributed by atoms with Gasteiger partial charge in [-0.15, -0.1) is 0 Å². The van der Waals surface area contributed by atoms with Crippen LogP contribution < -0.4 is 5.32 Å². The molecule has 1 aliphatic rings. The van der Waals surface area contributed by atoms with Crippen LogP contribution in [0.2, 0.25) is 0 Å². The first-order valence-corrected chi connectivity index (χ1v) is 7.05. The number of nitrogens with one attached hydrogen (secondary N) is 1. The van der Waals surface area contributed by atoms with Gasteiger partial charge >= 0.3 is 0 Å². The minimum absolute atomic E-state index is 0.571. The monoisotopic (exact) mass is 225 g/mol. The van der Waals surface area contributed by atoms with Crippen LogP contribution in [0.5, 0.6) is 0 Å². The molecule has 1 nitrogen and oxygen atoms in total. The fourth-order valence-electron chi connectivity index (χ4n) is 2.82. The second-order valence-electron chi connectivity index (χ2n) is 7.12. The van der Waals surface area contributed by atoms with Gasteiger partial charge in [-0.1, -0.05) is 41.5 Å². The third-order valence-corrected chi connectivity index (χ3v) is 4.53. The fourth-order valence-corrected chi connectivity index (χ4v) is 2.82. The smallest absolute Gasteiger partial charge is 0.00932 e. The van der Waals surface area contributed by atoms with Gasteiger partial charge in [-0.3, -0.25) is 0 Å². The van der Waals surface area contributed by atoms with Gasteiger partial charge < -0.3 is 5.32 Å². The van der Waals surface area contributed by atoms with Crippen molar-refractivity contribution in [3.05, 3.63) is 0 Å². The molecule has 1 aliphatic carbocycles. The van der Waals surface area contributed by atoms with Gasteiger partial charge in [0.2, 0.25) is 0 Å². The van der Waals surface area contributed by atoms with E-state index in [1.165, 1.54) is 25.8 Å². The van der Waals surface area contributed by atoms with E-state index in [0.29, 0.717) is 5.41 Å². The summed E-state index contributed by atoms with van der Waals surface area (Å²) >= 11 is 0. The summed E-state index contributed by atoms with van der Waals surface area (Å²) in [5, 5.41) is 3.79. The molecule has 0 aromatic heterocycles. The van der Waals surface area contributed by atoms with Crippen molar-refractivity contribution in [2.45, 2.75) is 66.8 Å². The zero-order chi connectivity index (χ0) is 12.3. The van der Waals surface area contributed by atoms with E-state index in [-0.39, 0.29) is 0 Å². The first kappa shape index (κ1) is 14.0. The van der Waals surface area contributed by atoms with Gasteiger partial charge in [0.15, 0.2) is 0 Å². The molecule has 1 fully saturated rings. The Morgan fingerprint density at radius 3 is 2.38 bits per heavy atom. The Kier molecular flexibility index (Phi) is 4.85. The molecule has 0 heterocycles. The maximum absolute atomic E-state index is 3.79. The van der Waals surface area contributed by atoms with Crippen LogP contribution in [-0.2, 0) is 0 Å². The summed E-state index contributed by atoms with van der Waals surface area (Å²) in [6, 6.07) is 0.759.